The zero-order chi connectivity index (χ0) is 12.7. The lowest BCUT2D eigenvalue weighted by atomic mass is 10.3. The van der Waals surface area contributed by atoms with Gasteiger partial charge in [0.25, 0.3) is 0 Å². The van der Waals surface area contributed by atoms with Crippen LogP contribution in [-0.4, -0.2) is 50.1 Å². The van der Waals surface area contributed by atoms with Crippen LogP contribution in [0.1, 0.15) is 16.9 Å². The number of hydrogen-bond donors (Lipinski definition) is 1. The molecule has 94 valence electrons. The molecule has 1 rings (SSSR count). The maximum absolute atomic E-state index is 11.3. The largest absolute Gasteiger partial charge is 0.464 e. The molecule has 0 atom stereocenters. The van der Waals surface area contributed by atoms with E-state index in [0.29, 0.717) is 5.69 Å². The van der Waals surface area contributed by atoms with Crippen LogP contribution in [0.5, 0.6) is 0 Å². The average molecular weight is 237 g/mol. The molecule has 0 aliphatic carbocycles. The fourth-order valence-corrected chi connectivity index (χ4v) is 1.38. The van der Waals surface area contributed by atoms with E-state index in [9.17, 15) is 4.79 Å². The Hall–Kier alpha value is -1.62. The normalized spacial score (nSPS) is 10.4. The molecule has 1 aromatic heterocycles. The van der Waals surface area contributed by atoms with Gasteiger partial charge < -0.3 is 15.0 Å². The summed E-state index contributed by atoms with van der Waals surface area (Å²) in [6.07, 6.45) is 2.64. The summed E-state index contributed by atoms with van der Waals surface area (Å²) >= 11 is 0. The SMILES string of the molecule is COC(=O)c1cc(NCCCN(C)C)ccn1. The lowest BCUT2D eigenvalue weighted by molar-refractivity contribution is 0.0594. The van der Waals surface area contributed by atoms with Crippen molar-refractivity contribution in [2.45, 2.75) is 6.42 Å². The van der Waals surface area contributed by atoms with E-state index in [-0.39, 0.29) is 0 Å². The summed E-state index contributed by atoms with van der Waals surface area (Å²) in [5.41, 5.74) is 1.21. The second-order valence-electron chi connectivity index (χ2n) is 4.00. The van der Waals surface area contributed by atoms with Crippen LogP contribution in [0.3, 0.4) is 0 Å². The van der Waals surface area contributed by atoms with Crippen molar-refractivity contribution in [3.8, 4) is 0 Å². The lowest BCUT2D eigenvalue weighted by Crippen LogP contribution is -2.16. The summed E-state index contributed by atoms with van der Waals surface area (Å²) < 4.78 is 4.61. The van der Waals surface area contributed by atoms with E-state index in [1.807, 2.05) is 20.2 Å². The molecule has 17 heavy (non-hydrogen) atoms. The number of pyridine rings is 1. The van der Waals surface area contributed by atoms with Gasteiger partial charge in [0.2, 0.25) is 0 Å². The number of nitrogens with zero attached hydrogens (tertiary/aromatic N) is 2. The van der Waals surface area contributed by atoms with E-state index >= 15 is 0 Å². The Morgan fingerprint density at radius 2 is 2.29 bits per heavy atom. The minimum absolute atomic E-state index is 0.324. The third-order valence-electron chi connectivity index (χ3n) is 2.27. The van der Waals surface area contributed by atoms with Crippen molar-refractivity contribution < 1.29 is 9.53 Å². The van der Waals surface area contributed by atoms with Crippen molar-refractivity contribution in [1.82, 2.24) is 9.88 Å². The number of esters is 1. The van der Waals surface area contributed by atoms with Gasteiger partial charge in [-0.15, -0.1) is 0 Å². The molecule has 1 heterocycles. The third-order valence-corrected chi connectivity index (χ3v) is 2.27. The van der Waals surface area contributed by atoms with Crippen LogP contribution < -0.4 is 5.32 Å². The first-order valence-corrected chi connectivity index (χ1v) is 5.56. The summed E-state index contributed by atoms with van der Waals surface area (Å²) in [6.45, 7) is 1.89. The molecule has 0 aliphatic rings. The maximum atomic E-state index is 11.3. The number of nitrogens with one attached hydrogen (secondary N) is 1. The summed E-state index contributed by atoms with van der Waals surface area (Å²) in [5.74, 6) is -0.415. The fraction of sp³-hybridized carbons (Fsp3) is 0.500. The van der Waals surface area contributed by atoms with Crippen molar-refractivity contribution in [2.24, 2.45) is 0 Å². The first-order chi connectivity index (χ1) is 8.13. The van der Waals surface area contributed by atoms with Crippen LogP contribution in [0, 0.1) is 0 Å². The number of rotatable bonds is 6. The third kappa shape index (κ3) is 4.82. The minimum Gasteiger partial charge on any atom is -0.464 e. The summed E-state index contributed by atoms with van der Waals surface area (Å²) in [6, 6.07) is 3.53. The Morgan fingerprint density at radius 1 is 1.53 bits per heavy atom. The Labute approximate surface area is 102 Å². The highest BCUT2D eigenvalue weighted by Crippen LogP contribution is 2.08. The van der Waals surface area contributed by atoms with E-state index < -0.39 is 5.97 Å². The molecule has 0 spiro atoms. The molecule has 0 saturated carbocycles. The number of carbonyl (C=O) groups excluding carboxylic acids is 1. The molecule has 0 bridgehead atoms. The highest BCUT2D eigenvalue weighted by molar-refractivity contribution is 5.88. The van der Waals surface area contributed by atoms with Gasteiger partial charge in [-0.3, -0.25) is 0 Å². The highest BCUT2D eigenvalue weighted by Gasteiger charge is 2.06. The van der Waals surface area contributed by atoms with Crippen LogP contribution in [0.25, 0.3) is 0 Å². The monoisotopic (exact) mass is 237 g/mol. The number of carbonyl (C=O) groups is 1. The van der Waals surface area contributed by atoms with Gasteiger partial charge in [0.1, 0.15) is 5.69 Å². The van der Waals surface area contributed by atoms with Crippen LogP contribution in [0.15, 0.2) is 18.3 Å². The molecule has 5 nitrogen and oxygen atoms in total. The second-order valence-corrected chi connectivity index (χ2v) is 4.00. The number of aromatic nitrogens is 1. The fourth-order valence-electron chi connectivity index (χ4n) is 1.38. The molecule has 0 saturated heterocycles. The first-order valence-electron chi connectivity index (χ1n) is 5.56. The Kier molecular flexibility index (Phi) is 5.42. The quantitative estimate of drug-likeness (QED) is 0.596. The minimum atomic E-state index is -0.415. The topological polar surface area (TPSA) is 54.5 Å². The molecule has 0 radical (unpaired) electrons. The van der Waals surface area contributed by atoms with Crippen molar-refractivity contribution in [2.75, 3.05) is 39.6 Å². The van der Waals surface area contributed by atoms with E-state index in [0.717, 1.165) is 25.2 Å². The molecular formula is C12H19N3O2. The van der Waals surface area contributed by atoms with Gasteiger partial charge in [0, 0.05) is 18.4 Å². The molecular weight excluding hydrogens is 218 g/mol. The molecule has 0 amide bonds. The lowest BCUT2D eigenvalue weighted by Gasteiger charge is -2.10. The van der Waals surface area contributed by atoms with E-state index in [1.165, 1.54) is 7.11 Å². The number of anilines is 1. The van der Waals surface area contributed by atoms with Gasteiger partial charge in [-0.2, -0.15) is 0 Å². The van der Waals surface area contributed by atoms with Gasteiger partial charge in [-0.05, 0) is 39.2 Å². The van der Waals surface area contributed by atoms with E-state index in [2.05, 4.69) is 19.9 Å². The van der Waals surface area contributed by atoms with Crippen molar-refractivity contribution in [3.05, 3.63) is 24.0 Å². The highest BCUT2D eigenvalue weighted by atomic mass is 16.5. The first kappa shape index (κ1) is 13.4. The van der Waals surface area contributed by atoms with Gasteiger partial charge in [-0.25, -0.2) is 9.78 Å². The van der Waals surface area contributed by atoms with Crippen molar-refractivity contribution >= 4 is 11.7 Å². The molecule has 0 unspecified atom stereocenters. The smallest absolute Gasteiger partial charge is 0.356 e. The maximum Gasteiger partial charge on any atom is 0.356 e. The average Bonchev–Trinajstić information content (AvgIpc) is 2.34. The Morgan fingerprint density at radius 3 is 2.94 bits per heavy atom. The summed E-state index contributed by atoms with van der Waals surface area (Å²) in [7, 11) is 5.44. The number of ether oxygens (including phenoxy) is 1. The molecule has 1 aromatic rings. The Balaban J connectivity index is 2.46. The van der Waals surface area contributed by atoms with Crippen LogP contribution >= 0.6 is 0 Å². The van der Waals surface area contributed by atoms with Gasteiger partial charge in [0.05, 0.1) is 7.11 Å². The standard InChI is InChI=1S/C12H19N3O2/c1-15(2)8-4-6-13-10-5-7-14-11(9-10)12(16)17-3/h5,7,9H,4,6,8H2,1-3H3,(H,13,14). The summed E-state index contributed by atoms with van der Waals surface area (Å²) in [4.78, 5) is 17.3. The van der Waals surface area contributed by atoms with Gasteiger partial charge >= 0.3 is 5.97 Å². The predicted octanol–water partition coefficient (Wildman–Crippen LogP) is 1.23. The van der Waals surface area contributed by atoms with Gasteiger partial charge in [-0.1, -0.05) is 0 Å². The van der Waals surface area contributed by atoms with Gasteiger partial charge in [0.15, 0.2) is 0 Å². The molecule has 5 heteroatoms. The van der Waals surface area contributed by atoms with Crippen LogP contribution in [0.2, 0.25) is 0 Å². The molecule has 0 aromatic carbocycles. The Bertz CT molecular complexity index is 367. The van der Waals surface area contributed by atoms with E-state index in [1.54, 1.807) is 12.3 Å². The molecule has 0 aliphatic heterocycles. The molecule has 1 N–H and O–H groups in total. The van der Waals surface area contributed by atoms with E-state index in [4.69, 9.17) is 0 Å². The summed E-state index contributed by atoms with van der Waals surface area (Å²) in [5, 5.41) is 3.24. The zero-order valence-corrected chi connectivity index (χ0v) is 10.6. The second kappa shape index (κ2) is 6.85. The van der Waals surface area contributed by atoms with Crippen molar-refractivity contribution in [3.63, 3.8) is 0 Å². The van der Waals surface area contributed by atoms with Crippen molar-refractivity contribution in [1.29, 1.82) is 0 Å². The molecule has 0 fully saturated rings. The number of hydrogen-bond acceptors (Lipinski definition) is 5. The van der Waals surface area contributed by atoms with Crippen LogP contribution in [-0.2, 0) is 4.74 Å². The number of methoxy groups -OCH3 is 1. The predicted molar refractivity (Wildman–Crippen MR) is 67.2 cm³/mol. The zero-order valence-electron chi connectivity index (χ0n) is 10.6. The van der Waals surface area contributed by atoms with Crippen LogP contribution in [0.4, 0.5) is 5.69 Å².